The number of hydrogen-bond acceptors (Lipinski definition) is 3. The van der Waals surface area contributed by atoms with Crippen LogP contribution in [0.3, 0.4) is 0 Å². The minimum Gasteiger partial charge on any atom is -0.486 e. The number of amides is 1. The molecule has 1 heterocycles. The average Bonchev–Trinajstić information content (AvgIpc) is 2.54. The van der Waals surface area contributed by atoms with E-state index in [1.165, 1.54) is 6.08 Å². The van der Waals surface area contributed by atoms with Gasteiger partial charge in [-0.05, 0) is 35.9 Å². The fraction of sp³-hybridized carbons (Fsp3) is 0.118. The number of carbonyl (C=O) groups is 1. The van der Waals surface area contributed by atoms with Crippen molar-refractivity contribution < 1.29 is 14.3 Å². The second kappa shape index (κ2) is 6.66. The topological polar surface area (TPSA) is 47.6 Å². The number of carbonyl (C=O) groups excluding carboxylic acids is 1. The van der Waals surface area contributed by atoms with E-state index < -0.39 is 0 Å². The van der Waals surface area contributed by atoms with E-state index in [4.69, 9.17) is 9.47 Å². The molecule has 2 aromatic carbocycles. The molecule has 0 aromatic heterocycles. The van der Waals surface area contributed by atoms with Crippen molar-refractivity contribution in [3.63, 3.8) is 0 Å². The van der Waals surface area contributed by atoms with E-state index >= 15 is 0 Å². The molecule has 5 heteroatoms. The molecule has 0 unspecified atom stereocenters. The molecule has 1 amide bonds. The fourth-order valence-electron chi connectivity index (χ4n) is 2.05. The first kappa shape index (κ1) is 14.7. The molecule has 0 saturated carbocycles. The lowest BCUT2D eigenvalue weighted by molar-refractivity contribution is -0.111. The fourth-order valence-corrected chi connectivity index (χ4v) is 2.32. The molecule has 1 N–H and O–H groups in total. The van der Waals surface area contributed by atoms with Crippen LogP contribution in [0.25, 0.3) is 6.08 Å². The molecule has 1 aliphatic heterocycles. The summed E-state index contributed by atoms with van der Waals surface area (Å²) in [6.07, 6.45) is 3.26. The van der Waals surface area contributed by atoms with Crippen LogP contribution in [0.2, 0.25) is 0 Å². The van der Waals surface area contributed by atoms with Crippen LogP contribution >= 0.6 is 15.9 Å². The van der Waals surface area contributed by atoms with Gasteiger partial charge in [-0.15, -0.1) is 0 Å². The molecule has 1 aliphatic rings. The highest BCUT2D eigenvalue weighted by Gasteiger charge is 2.12. The Bertz CT molecular complexity index is 710. The van der Waals surface area contributed by atoms with Gasteiger partial charge in [-0.3, -0.25) is 4.79 Å². The van der Waals surface area contributed by atoms with Crippen LogP contribution in [0.15, 0.2) is 53.0 Å². The van der Waals surface area contributed by atoms with E-state index in [0.717, 1.165) is 10.0 Å². The van der Waals surface area contributed by atoms with E-state index in [-0.39, 0.29) is 5.91 Å². The maximum absolute atomic E-state index is 11.9. The summed E-state index contributed by atoms with van der Waals surface area (Å²) in [4.78, 5) is 11.9. The van der Waals surface area contributed by atoms with E-state index in [0.29, 0.717) is 30.4 Å². The highest BCUT2D eigenvalue weighted by molar-refractivity contribution is 9.10. The van der Waals surface area contributed by atoms with Gasteiger partial charge in [0.05, 0.1) is 0 Å². The normalized spacial score (nSPS) is 13.1. The van der Waals surface area contributed by atoms with Crippen molar-refractivity contribution in [2.24, 2.45) is 0 Å². The van der Waals surface area contributed by atoms with Gasteiger partial charge in [-0.25, -0.2) is 0 Å². The van der Waals surface area contributed by atoms with Gasteiger partial charge in [0.2, 0.25) is 5.91 Å². The zero-order valence-corrected chi connectivity index (χ0v) is 13.3. The Labute approximate surface area is 136 Å². The molecule has 4 nitrogen and oxygen atoms in total. The number of rotatable bonds is 3. The molecular weight excluding hydrogens is 346 g/mol. The number of halogens is 1. The zero-order chi connectivity index (χ0) is 15.4. The van der Waals surface area contributed by atoms with Crippen molar-refractivity contribution in [1.82, 2.24) is 0 Å². The minimum absolute atomic E-state index is 0.195. The van der Waals surface area contributed by atoms with Crippen LogP contribution in [-0.2, 0) is 4.79 Å². The van der Waals surface area contributed by atoms with Gasteiger partial charge in [0, 0.05) is 22.3 Å². The van der Waals surface area contributed by atoms with E-state index in [2.05, 4.69) is 21.2 Å². The molecule has 112 valence electrons. The Morgan fingerprint density at radius 1 is 1.05 bits per heavy atom. The molecule has 0 bridgehead atoms. The Morgan fingerprint density at radius 2 is 1.77 bits per heavy atom. The molecule has 0 spiro atoms. The van der Waals surface area contributed by atoms with Gasteiger partial charge in [-0.2, -0.15) is 0 Å². The van der Waals surface area contributed by atoms with Crippen molar-refractivity contribution in [3.8, 4) is 11.5 Å². The third-order valence-electron chi connectivity index (χ3n) is 3.11. The van der Waals surface area contributed by atoms with Gasteiger partial charge in [0.25, 0.3) is 0 Å². The highest BCUT2D eigenvalue weighted by atomic mass is 79.9. The number of ether oxygens (including phenoxy) is 2. The van der Waals surface area contributed by atoms with Crippen molar-refractivity contribution >= 4 is 33.6 Å². The monoisotopic (exact) mass is 359 g/mol. The molecule has 0 atom stereocenters. The maximum atomic E-state index is 11.9. The Kier molecular flexibility index (Phi) is 4.44. The standard InChI is InChI=1S/C17H14BrNO3/c18-13-4-1-12(2-5-13)3-8-17(20)19-14-6-7-15-16(11-14)22-10-9-21-15/h1-8,11H,9-10H2,(H,19,20)/b8-3-. The second-order valence-corrected chi connectivity index (χ2v) is 5.65. The highest BCUT2D eigenvalue weighted by Crippen LogP contribution is 2.32. The van der Waals surface area contributed by atoms with E-state index in [1.54, 1.807) is 24.3 Å². The van der Waals surface area contributed by atoms with E-state index in [1.807, 2.05) is 24.3 Å². The van der Waals surface area contributed by atoms with Crippen molar-refractivity contribution in [1.29, 1.82) is 0 Å². The lowest BCUT2D eigenvalue weighted by atomic mass is 10.2. The number of nitrogens with one attached hydrogen (secondary N) is 1. The van der Waals surface area contributed by atoms with Crippen molar-refractivity contribution in [2.45, 2.75) is 0 Å². The number of anilines is 1. The Hall–Kier alpha value is -2.27. The van der Waals surface area contributed by atoms with Crippen molar-refractivity contribution in [2.75, 3.05) is 18.5 Å². The summed E-state index contributed by atoms with van der Waals surface area (Å²) < 4.78 is 11.9. The first-order chi connectivity index (χ1) is 10.7. The Morgan fingerprint density at radius 3 is 2.55 bits per heavy atom. The van der Waals surface area contributed by atoms with Crippen LogP contribution in [0.1, 0.15) is 5.56 Å². The summed E-state index contributed by atoms with van der Waals surface area (Å²) in [5.74, 6) is 1.16. The number of benzene rings is 2. The summed E-state index contributed by atoms with van der Waals surface area (Å²) in [7, 11) is 0. The van der Waals surface area contributed by atoms with Crippen LogP contribution in [0.4, 0.5) is 5.69 Å². The second-order valence-electron chi connectivity index (χ2n) is 4.73. The van der Waals surface area contributed by atoms with Gasteiger partial charge in [-0.1, -0.05) is 28.1 Å². The predicted octanol–water partition coefficient (Wildman–Crippen LogP) is 3.87. The summed E-state index contributed by atoms with van der Waals surface area (Å²) in [5.41, 5.74) is 1.63. The lowest BCUT2D eigenvalue weighted by Crippen LogP contribution is -2.16. The molecule has 2 aromatic rings. The third kappa shape index (κ3) is 3.68. The van der Waals surface area contributed by atoms with Crippen LogP contribution in [-0.4, -0.2) is 19.1 Å². The summed E-state index contributed by atoms with van der Waals surface area (Å²) in [5, 5.41) is 2.80. The van der Waals surface area contributed by atoms with Crippen LogP contribution < -0.4 is 14.8 Å². The van der Waals surface area contributed by atoms with Gasteiger partial charge >= 0.3 is 0 Å². The van der Waals surface area contributed by atoms with Gasteiger partial charge in [0.15, 0.2) is 11.5 Å². The maximum Gasteiger partial charge on any atom is 0.248 e. The summed E-state index contributed by atoms with van der Waals surface area (Å²) in [6.45, 7) is 1.07. The molecule has 0 aliphatic carbocycles. The van der Waals surface area contributed by atoms with Crippen LogP contribution in [0, 0.1) is 0 Å². The van der Waals surface area contributed by atoms with Crippen LogP contribution in [0.5, 0.6) is 11.5 Å². The smallest absolute Gasteiger partial charge is 0.248 e. The molecule has 3 rings (SSSR count). The van der Waals surface area contributed by atoms with Crippen molar-refractivity contribution in [3.05, 3.63) is 58.6 Å². The molecule has 0 radical (unpaired) electrons. The lowest BCUT2D eigenvalue weighted by Gasteiger charge is -2.18. The first-order valence-electron chi connectivity index (χ1n) is 6.85. The average molecular weight is 360 g/mol. The quantitative estimate of drug-likeness (QED) is 0.846. The predicted molar refractivity (Wildman–Crippen MR) is 89.2 cm³/mol. The third-order valence-corrected chi connectivity index (χ3v) is 3.64. The van der Waals surface area contributed by atoms with E-state index in [9.17, 15) is 4.79 Å². The number of fused-ring (bicyclic) bond motifs is 1. The van der Waals surface area contributed by atoms with Gasteiger partial charge < -0.3 is 14.8 Å². The van der Waals surface area contributed by atoms with Gasteiger partial charge in [0.1, 0.15) is 13.2 Å². The first-order valence-corrected chi connectivity index (χ1v) is 7.64. The largest absolute Gasteiger partial charge is 0.486 e. The molecule has 22 heavy (non-hydrogen) atoms. The molecule has 0 saturated heterocycles. The minimum atomic E-state index is -0.195. The SMILES string of the molecule is O=C(/C=C\c1ccc(Br)cc1)Nc1ccc2c(c1)OCCO2. The molecular formula is C17H14BrNO3. The number of hydrogen-bond donors (Lipinski definition) is 1. The summed E-state index contributed by atoms with van der Waals surface area (Å²) >= 11 is 3.37. The summed E-state index contributed by atoms with van der Waals surface area (Å²) in [6, 6.07) is 13.1. The Balaban J connectivity index is 1.65. The zero-order valence-electron chi connectivity index (χ0n) is 11.7. The molecule has 0 fully saturated rings.